The number of oxazole rings is 1. The van der Waals surface area contributed by atoms with Gasteiger partial charge in [0, 0.05) is 36.9 Å². The molecule has 58 heavy (non-hydrogen) atoms. The normalized spacial score (nSPS) is 27.3. The topological polar surface area (TPSA) is 204 Å². The summed E-state index contributed by atoms with van der Waals surface area (Å²) in [7, 11) is 1.56. The highest BCUT2D eigenvalue weighted by atomic mass is 35.5. The standard InChI is InChI=1S/C41H47ClN6O10/c1-5-23-17-41(23,38(51)52)47-36(49)30-15-26(18-48(30)37(50)34(20(2)3)46-40(53)58-25-13-21-12-22(21)14-25)57-32-16-28(29-19-56-39(45-29)43-24-6-7-24)44-35-27(32)8-9-31(33(35)42)55-11-10-54-4/h5,8-9,16,19,21-26,30,34H,1-2,6-7,10-15,17-18H2,3-4H3,(H,43,45)(H,46,53)(H,47,49)(H,51,52)/t21-,22+,23-,25?,26-,30+,34+,41-/m1/s1. The molecule has 0 spiro atoms. The van der Waals surface area contributed by atoms with E-state index < -0.39 is 53.5 Å². The van der Waals surface area contributed by atoms with Crippen molar-refractivity contribution in [3.8, 4) is 22.9 Å². The van der Waals surface area contributed by atoms with E-state index in [1.807, 2.05) is 0 Å². The van der Waals surface area contributed by atoms with Gasteiger partial charge in [0.15, 0.2) is 0 Å². The van der Waals surface area contributed by atoms with Crippen LogP contribution in [0.25, 0.3) is 22.3 Å². The highest BCUT2D eigenvalue weighted by Crippen LogP contribution is 2.52. The highest BCUT2D eigenvalue weighted by Gasteiger charge is 2.61. The molecule has 3 amide bonds. The molecule has 3 heterocycles. The summed E-state index contributed by atoms with van der Waals surface area (Å²) in [6.45, 7) is 9.76. The van der Waals surface area contributed by atoms with Crippen LogP contribution >= 0.6 is 11.6 Å². The van der Waals surface area contributed by atoms with Crippen LogP contribution in [0.4, 0.5) is 10.8 Å². The number of hydrogen-bond acceptors (Lipinski definition) is 12. The molecule has 1 aromatic carbocycles. The van der Waals surface area contributed by atoms with Gasteiger partial charge in [-0.2, -0.15) is 4.98 Å². The molecular formula is C41H47ClN6O10. The molecule has 4 aliphatic carbocycles. The van der Waals surface area contributed by atoms with Gasteiger partial charge in [-0.25, -0.2) is 14.6 Å². The molecular weight excluding hydrogens is 772 g/mol. The second-order valence-corrected chi connectivity index (χ2v) is 16.4. The Morgan fingerprint density at radius 2 is 1.86 bits per heavy atom. The zero-order valence-corrected chi connectivity index (χ0v) is 33.1. The number of hydrogen-bond donors (Lipinski definition) is 4. The zero-order valence-electron chi connectivity index (χ0n) is 32.3. The lowest BCUT2D eigenvalue weighted by atomic mass is 10.1. The fraction of sp³-hybridized carbons (Fsp3) is 0.512. The van der Waals surface area contributed by atoms with E-state index in [0.717, 1.165) is 32.1 Å². The van der Waals surface area contributed by atoms with Crippen LogP contribution in [0.1, 0.15) is 51.9 Å². The molecule has 1 unspecified atom stereocenters. The summed E-state index contributed by atoms with van der Waals surface area (Å²) in [6, 6.07) is 3.36. The van der Waals surface area contributed by atoms with E-state index in [4.69, 9.17) is 39.9 Å². The molecule has 5 fully saturated rings. The van der Waals surface area contributed by atoms with Crippen molar-refractivity contribution in [1.29, 1.82) is 0 Å². The number of pyridine rings is 1. The number of carbonyl (C=O) groups excluding carboxylic acids is 3. The Bertz CT molecular complexity index is 2150. The van der Waals surface area contributed by atoms with Crippen LogP contribution in [-0.4, -0.2) is 107 Å². The summed E-state index contributed by atoms with van der Waals surface area (Å²) in [5, 5.41) is 19.4. The summed E-state index contributed by atoms with van der Waals surface area (Å²) in [6.07, 6.45) is 6.11. The van der Waals surface area contributed by atoms with Crippen molar-refractivity contribution in [3.63, 3.8) is 0 Å². The molecule has 8 atom stereocenters. The van der Waals surface area contributed by atoms with Gasteiger partial charge in [0.05, 0.1) is 24.4 Å². The number of benzene rings is 1. The Balaban J connectivity index is 1.09. The van der Waals surface area contributed by atoms with E-state index in [0.29, 0.717) is 69.9 Å². The van der Waals surface area contributed by atoms with E-state index in [1.165, 1.54) is 17.2 Å². The number of fused-ring (bicyclic) bond motifs is 2. The molecule has 8 rings (SSSR count). The molecule has 1 aliphatic heterocycles. The quantitative estimate of drug-likeness (QED) is 0.104. The third-order valence-electron chi connectivity index (χ3n) is 11.7. The number of carboxylic acids is 1. The molecule has 308 valence electrons. The number of carboxylic acid groups (broad SMARTS) is 1. The number of rotatable bonds is 17. The fourth-order valence-electron chi connectivity index (χ4n) is 8.14. The van der Waals surface area contributed by atoms with Crippen LogP contribution in [0.15, 0.2) is 53.7 Å². The van der Waals surface area contributed by atoms with Gasteiger partial charge >= 0.3 is 12.1 Å². The van der Waals surface area contributed by atoms with Crippen molar-refractivity contribution in [1.82, 2.24) is 25.5 Å². The van der Waals surface area contributed by atoms with Crippen molar-refractivity contribution in [2.45, 2.75) is 87.7 Å². The molecule has 0 radical (unpaired) electrons. The first-order valence-corrected chi connectivity index (χ1v) is 20.0. The first-order valence-electron chi connectivity index (χ1n) is 19.6. The Labute approximate surface area is 339 Å². The number of aromatic nitrogens is 2. The summed E-state index contributed by atoms with van der Waals surface area (Å²) < 4.78 is 29.0. The van der Waals surface area contributed by atoms with Gasteiger partial charge in [-0.15, -0.1) is 6.58 Å². The van der Waals surface area contributed by atoms with Gasteiger partial charge in [-0.3, -0.25) is 9.59 Å². The van der Waals surface area contributed by atoms with Crippen molar-refractivity contribution in [2.24, 2.45) is 17.8 Å². The van der Waals surface area contributed by atoms with Crippen molar-refractivity contribution < 1.29 is 47.6 Å². The van der Waals surface area contributed by atoms with E-state index in [9.17, 15) is 24.3 Å². The Morgan fingerprint density at radius 3 is 2.53 bits per heavy atom. The van der Waals surface area contributed by atoms with Crippen LogP contribution in [0.3, 0.4) is 0 Å². The number of likely N-dealkylation sites (tertiary alicyclic amines) is 1. The molecule has 2 aromatic heterocycles. The van der Waals surface area contributed by atoms with Crippen LogP contribution in [0.2, 0.25) is 5.02 Å². The summed E-state index contributed by atoms with van der Waals surface area (Å²) in [5.41, 5.74) is -0.0915. The van der Waals surface area contributed by atoms with E-state index >= 15 is 0 Å². The van der Waals surface area contributed by atoms with Gasteiger partial charge in [-0.05, 0) is 75.0 Å². The number of alkyl carbamates (subject to hydrolysis) is 1. The van der Waals surface area contributed by atoms with Crippen molar-refractivity contribution in [2.75, 3.05) is 32.2 Å². The maximum Gasteiger partial charge on any atom is 0.408 e. The number of anilines is 1. The van der Waals surface area contributed by atoms with E-state index in [2.05, 4.69) is 34.1 Å². The number of carbonyl (C=O) groups is 4. The first-order chi connectivity index (χ1) is 27.9. The Morgan fingerprint density at radius 1 is 1.09 bits per heavy atom. The van der Waals surface area contributed by atoms with Gasteiger partial charge in [0.2, 0.25) is 11.8 Å². The van der Waals surface area contributed by atoms with Crippen molar-refractivity contribution in [3.05, 3.63) is 54.3 Å². The number of methoxy groups -OCH3 is 1. The van der Waals surface area contributed by atoms with Crippen LogP contribution in [-0.2, 0) is 23.9 Å². The van der Waals surface area contributed by atoms with Crippen LogP contribution in [0.5, 0.6) is 11.5 Å². The first kappa shape index (κ1) is 39.5. The minimum Gasteiger partial charge on any atom is -0.490 e. The number of amides is 3. The lowest BCUT2D eigenvalue weighted by molar-refractivity contribution is -0.145. The van der Waals surface area contributed by atoms with E-state index in [1.54, 1.807) is 32.2 Å². The van der Waals surface area contributed by atoms with Gasteiger partial charge in [-0.1, -0.05) is 24.3 Å². The van der Waals surface area contributed by atoms with Crippen LogP contribution < -0.4 is 25.4 Å². The summed E-state index contributed by atoms with van der Waals surface area (Å²) in [5.74, 6) is -1.13. The molecule has 4 N–H and O–H groups in total. The smallest absolute Gasteiger partial charge is 0.408 e. The molecule has 1 saturated heterocycles. The SMILES string of the molecule is C=C[C@@H]1C[C@]1(NC(=O)[C@@H]1C[C@@H](Oc2cc(-c3coc(NC4CC4)n3)nc3c(Cl)c(OCCOC)ccc23)CN1C(=O)[C@@H](NC(=O)OC1C[C@@H]2C[C@@H]2C1)C(=C)C)C(=O)O. The molecule has 16 nitrogen and oxygen atoms in total. The highest BCUT2D eigenvalue weighted by molar-refractivity contribution is 6.36. The van der Waals surface area contributed by atoms with Gasteiger partial charge in [0.25, 0.3) is 6.01 Å². The minimum atomic E-state index is -1.55. The molecule has 4 saturated carbocycles. The average Bonchev–Trinajstić information content (AvgIpc) is 4.14. The second kappa shape index (κ2) is 15.8. The minimum absolute atomic E-state index is 0.0191. The molecule has 0 bridgehead atoms. The lowest BCUT2D eigenvalue weighted by Gasteiger charge is -2.29. The third-order valence-corrected chi connectivity index (χ3v) is 12.1. The average molecular weight is 819 g/mol. The number of nitrogens with zero attached hydrogens (tertiary/aromatic N) is 3. The predicted molar refractivity (Wildman–Crippen MR) is 210 cm³/mol. The lowest BCUT2D eigenvalue weighted by Crippen LogP contribution is -2.56. The Kier molecular flexibility index (Phi) is 10.7. The van der Waals surface area contributed by atoms with E-state index in [-0.39, 0.29) is 37.1 Å². The molecule has 17 heteroatoms. The maximum atomic E-state index is 14.4. The number of halogens is 1. The summed E-state index contributed by atoms with van der Waals surface area (Å²) in [4.78, 5) is 64.8. The van der Waals surface area contributed by atoms with Crippen molar-refractivity contribution >= 4 is 52.4 Å². The number of aliphatic carboxylic acids is 1. The molecule has 5 aliphatic rings. The zero-order chi connectivity index (χ0) is 40.9. The monoisotopic (exact) mass is 818 g/mol. The summed E-state index contributed by atoms with van der Waals surface area (Å²) >= 11 is 6.91. The third kappa shape index (κ3) is 8.04. The number of nitrogens with one attached hydrogen (secondary N) is 3. The van der Waals surface area contributed by atoms with Gasteiger partial charge < -0.3 is 49.3 Å². The maximum absolute atomic E-state index is 14.4. The van der Waals surface area contributed by atoms with Crippen LogP contribution in [0, 0.1) is 17.8 Å². The fourth-order valence-corrected chi connectivity index (χ4v) is 8.40. The van der Waals surface area contributed by atoms with Gasteiger partial charge in [0.1, 0.15) is 64.9 Å². The molecule has 3 aromatic rings. The number of ether oxygens (including phenoxy) is 4. The predicted octanol–water partition coefficient (Wildman–Crippen LogP) is 5.11. The Hall–Kier alpha value is -5.35. The largest absolute Gasteiger partial charge is 0.490 e. The second-order valence-electron chi connectivity index (χ2n) is 16.0.